The lowest BCUT2D eigenvalue weighted by atomic mass is 10.2. The van der Waals surface area contributed by atoms with Crippen molar-refractivity contribution in [1.82, 2.24) is 0 Å². The lowest BCUT2D eigenvalue weighted by Crippen LogP contribution is -2.32. The monoisotopic (exact) mass is 386 g/mol. The summed E-state index contributed by atoms with van der Waals surface area (Å²) in [7, 11) is 3.14. The molecule has 1 N–H and O–H groups in total. The number of hydrogen-bond donors (Lipinski definition) is 1. The molecular formula is C19H18N2O5S. The van der Waals surface area contributed by atoms with E-state index in [1.54, 1.807) is 62.8 Å². The molecule has 3 rings (SSSR count). The molecule has 1 amide bonds. The number of amidine groups is 1. The highest BCUT2D eigenvalue weighted by atomic mass is 32.2. The Balaban J connectivity index is 1.97. The molecule has 1 aliphatic heterocycles. The Bertz CT molecular complexity index is 865. The van der Waals surface area contributed by atoms with Gasteiger partial charge in [0.25, 0.3) is 0 Å². The molecule has 1 atom stereocenters. The molecular weight excluding hydrogens is 368 g/mol. The molecule has 0 saturated carbocycles. The maximum atomic E-state index is 12.8. The van der Waals surface area contributed by atoms with Crippen molar-refractivity contribution in [2.45, 2.75) is 11.7 Å². The average Bonchev–Trinajstić information content (AvgIpc) is 2.97. The highest BCUT2D eigenvalue weighted by Gasteiger charge is 2.40. The van der Waals surface area contributed by atoms with Gasteiger partial charge in [0.15, 0.2) is 5.17 Å². The third kappa shape index (κ3) is 4.22. The van der Waals surface area contributed by atoms with E-state index in [0.717, 1.165) is 11.8 Å². The van der Waals surface area contributed by atoms with Gasteiger partial charge >= 0.3 is 5.97 Å². The number of benzene rings is 2. The minimum Gasteiger partial charge on any atom is -0.497 e. The third-order valence-electron chi connectivity index (χ3n) is 3.92. The third-order valence-corrected chi connectivity index (χ3v) is 5.06. The Hall–Kier alpha value is -3.00. The first-order chi connectivity index (χ1) is 13.0. The van der Waals surface area contributed by atoms with Crippen LogP contribution >= 0.6 is 11.8 Å². The number of carbonyl (C=O) groups excluding carboxylic acids is 1. The van der Waals surface area contributed by atoms with Gasteiger partial charge in [-0.2, -0.15) is 0 Å². The predicted octanol–water partition coefficient (Wildman–Crippen LogP) is 3.31. The van der Waals surface area contributed by atoms with E-state index < -0.39 is 11.2 Å². The van der Waals surface area contributed by atoms with Gasteiger partial charge in [0.05, 0.1) is 32.0 Å². The number of carboxylic acids is 1. The highest BCUT2D eigenvalue weighted by Crippen LogP contribution is 2.36. The number of aliphatic imine (C=N–C) groups is 1. The second-order valence-corrected chi connectivity index (χ2v) is 6.84. The van der Waals surface area contributed by atoms with Crippen LogP contribution in [-0.4, -0.2) is 41.6 Å². The van der Waals surface area contributed by atoms with E-state index in [4.69, 9.17) is 14.6 Å². The smallest absolute Gasteiger partial charge is 0.305 e. The number of carboxylic acid groups (broad SMARTS) is 1. The van der Waals surface area contributed by atoms with E-state index in [1.807, 2.05) is 0 Å². The fourth-order valence-corrected chi connectivity index (χ4v) is 3.71. The quantitative estimate of drug-likeness (QED) is 0.819. The van der Waals surface area contributed by atoms with Crippen LogP contribution in [0.25, 0.3) is 0 Å². The van der Waals surface area contributed by atoms with Crippen LogP contribution in [0.1, 0.15) is 6.42 Å². The van der Waals surface area contributed by atoms with E-state index in [2.05, 4.69) is 4.99 Å². The lowest BCUT2D eigenvalue weighted by molar-refractivity contribution is -0.138. The number of nitrogens with zero attached hydrogens (tertiary/aromatic N) is 2. The Morgan fingerprint density at radius 2 is 1.63 bits per heavy atom. The number of methoxy groups -OCH3 is 2. The topological polar surface area (TPSA) is 88.4 Å². The van der Waals surface area contributed by atoms with Crippen LogP contribution in [0.2, 0.25) is 0 Å². The summed E-state index contributed by atoms with van der Waals surface area (Å²) in [5, 5.41) is 8.81. The number of carbonyl (C=O) groups is 2. The number of aliphatic carboxylic acids is 1. The maximum absolute atomic E-state index is 12.8. The maximum Gasteiger partial charge on any atom is 0.305 e. The van der Waals surface area contributed by atoms with Crippen LogP contribution in [0.15, 0.2) is 53.5 Å². The summed E-state index contributed by atoms with van der Waals surface area (Å²) in [6.45, 7) is 0. The molecule has 0 aliphatic carbocycles. The Morgan fingerprint density at radius 1 is 1.07 bits per heavy atom. The fraction of sp³-hybridized carbons (Fsp3) is 0.211. The molecule has 0 bridgehead atoms. The van der Waals surface area contributed by atoms with Crippen molar-refractivity contribution in [3.05, 3.63) is 48.5 Å². The summed E-state index contributed by atoms with van der Waals surface area (Å²) >= 11 is 1.15. The molecule has 1 saturated heterocycles. The van der Waals surface area contributed by atoms with Crippen molar-refractivity contribution >= 4 is 40.2 Å². The number of rotatable bonds is 6. The molecule has 140 valence electrons. The molecule has 7 nitrogen and oxygen atoms in total. The van der Waals surface area contributed by atoms with Crippen LogP contribution in [0.4, 0.5) is 11.4 Å². The van der Waals surface area contributed by atoms with Gasteiger partial charge in [0.1, 0.15) is 16.7 Å². The fourth-order valence-electron chi connectivity index (χ4n) is 2.57. The summed E-state index contributed by atoms with van der Waals surface area (Å²) < 4.78 is 10.3. The summed E-state index contributed by atoms with van der Waals surface area (Å²) in [5.74, 6) is 0.0275. The van der Waals surface area contributed by atoms with E-state index in [9.17, 15) is 9.59 Å². The first kappa shape index (κ1) is 18.8. The number of anilines is 1. The zero-order valence-corrected chi connectivity index (χ0v) is 15.6. The summed E-state index contributed by atoms with van der Waals surface area (Å²) in [6, 6.07) is 14.0. The Morgan fingerprint density at radius 3 is 2.15 bits per heavy atom. The molecule has 1 aliphatic rings. The van der Waals surface area contributed by atoms with Crippen LogP contribution in [-0.2, 0) is 9.59 Å². The molecule has 8 heteroatoms. The van der Waals surface area contributed by atoms with E-state index in [0.29, 0.717) is 28.0 Å². The van der Waals surface area contributed by atoms with Gasteiger partial charge in [0.2, 0.25) is 5.91 Å². The number of amides is 1. The molecule has 0 unspecified atom stereocenters. The second-order valence-electron chi connectivity index (χ2n) is 5.67. The molecule has 2 aromatic rings. The molecule has 0 aromatic heterocycles. The van der Waals surface area contributed by atoms with Crippen molar-refractivity contribution in [2.24, 2.45) is 4.99 Å². The normalized spacial score (nSPS) is 18.0. The zero-order chi connectivity index (χ0) is 19.4. The first-order valence-corrected chi connectivity index (χ1v) is 8.99. The number of ether oxygens (including phenoxy) is 2. The Kier molecular flexibility index (Phi) is 5.66. The van der Waals surface area contributed by atoms with Crippen LogP contribution in [0.5, 0.6) is 11.5 Å². The molecule has 2 aromatic carbocycles. The zero-order valence-electron chi connectivity index (χ0n) is 14.8. The summed E-state index contributed by atoms with van der Waals surface area (Å²) in [4.78, 5) is 29.9. The predicted molar refractivity (Wildman–Crippen MR) is 104 cm³/mol. The van der Waals surface area contributed by atoms with Gasteiger partial charge in [-0.25, -0.2) is 4.99 Å². The second kappa shape index (κ2) is 8.13. The SMILES string of the molecule is COc1ccc(N=C2S[C@@H](CC(=O)O)C(=O)N2c2ccc(OC)cc2)cc1. The number of thioether (sulfide) groups is 1. The molecule has 1 fully saturated rings. The van der Waals surface area contributed by atoms with Crippen molar-refractivity contribution in [1.29, 1.82) is 0 Å². The Labute approximate surface area is 160 Å². The van der Waals surface area contributed by atoms with Gasteiger partial charge < -0.3 is 14.6 Å². The van der Waals surface area contributed by atoms with E-state index >= 15 is 0 Å². The highest BCUT2D eigenvalue weighted by molar-refractivity contribution is 8.16. The van der Waals surface area contributed by atoms with Gasteiger partial charge in [-0.1, -0.05) is 11.8 Å². The standard InChI is InChI=1S/C19H18N2O5S/c1-25-14-7-3-12(4-8-14)20-19-21(13-5-9-15(26-2)10-6-13)18(24)16(27-19)11-17(22)23/h3-10,16H,11H2,1-2H3,(H,22,23)/t16-/m0/s1. The van der Waals surface area contributed by atoms with Gasteiger partial charge in [-0.3, -0.25) is 14.5 Å². The lowest BCUT2D eigenvalue weighted by Gasteiger charge is -2.17. The minimum absolute atomic E-state index is 0.266. The largest absolute Gasteiger partial charge is 0.497 e. The van der Waals surface area contributed by atoms with Gasteiger partial charge in [0, 0.05) is 0 Å². The van der Waals surface area contributed by atoms with Crippen molar-refractivity contribution in [3.63, 3.8) is 0 Å². The molecule has 0 spiro atoms. The number of hydrogen-bond acceptors (Lipinski definition) is 6. The van der Waals surface area contributed by atoms with Crippen molar-refractivity contribution in [2.75, 3.05) is 19.1 Å². The van der Waals surface area contributed by atoms with E-state index in [1.165, 1.54) is 4.90 Å². The van der Waals surface area contributed by atoms with Crippen LogP contribution in [0, 0.1) is 0 Å². The van der Waals surface area contributed by atoms with Gasteiger partial charge in [-0.15, -0.1) is 0 Å². The minimum atomic E-state index is -1.03. The van der Waals surface area contributed by atoms with Crippen molar-refractivity contribution in [3.8, 4) is 11.5 Å². The van der Waals surface area contributed by atoms with E-state index in [-0.39, 0.29) is 12.3 Å². The first-order valence-electron chi connectivity index (χ1n) is 8.11. The summed E-state index contributed by atoms with van der Waals surface area (Å²) in [5.41, 5.74) is 1.24. The molecule has 27 heavy (non-hydrogen) atoms. The average molecular weight is 386 g/mol. The molecule has 0 radical (unpaired) electrons. The summed E-state index contributed by atoms with van der Waals surface area (Å²) in [6.07, 6.45) is -0.266. The van der Waals surface area contributed by atoms with Crippen molar-refractivity contribution < 1.29 is 24.2 Å². The van der Waals surface area contributed by atoms with Gasteiger partial charge in [-0.05, 0) is 48.5 Å². The van der Waals surface area contributed by atoms with Crippen LogP contribution in [0.3, 0.4) is 0 Å². The van der Waals surface area contributed by atoms with Crippen LogP contribution < -0.4 is 14.4 Å². The molecule has 1 heterocycles.